The lowest BCUT2D eigenvalue weighted by Crippen LogP contribution is -2.46. The minimum Gasteiger partial charge on any atom is -0.499 e. The maximum Gasteiger partial charge on any atom is 0.330 e. The zero-order valence-electron chi connectivity index (χ0n) is 17.4. The molecule has 8 heteroatoms. The highest BCUT2D eigenvalue weighted by Crippen LogP contribution is 2.41. The van der Waals surface area contributed by atoms with Gasteiger partial charge in [-0.25, -0.2) is 4.79 Å². The first-order valence-corrected chi connectivity index (χ1v) is 12.2. The van der Waals surface area contributed by atoms with Crippen LogP contribution in [0.25, 0.3) is 0 Å². The molecule has 1 fully saturated rings. The van der Waals surface area contributed by atoms with Gasteiger partial charge < -0.3 is 13.9 Å². The van der Waals surface area contributed by atoms with Crippen LogP contribution >= 0.6 is 0 Å². The summed E-state index contributed by atoms with van der Waals surface area (Å²) in [7, 11) is -2.02. The molecule has 0 aromatic carbocycles. The van der Waals surface area contributed by atoms with Gasteiger partial charge in [0.2, 0.25) is 0 Å². The van der Waals surface area contributed by atoms with Crippen molar-refractivity contribution in [3.63, 3.8) is 0 Å². The van der Waals surface area contributed by atoms with E-state index < -0.39 is 20.2 Å². The van der Waals surface area contributed by atoms with Gasteiger partial charge in [-0.15, -0.1) is 0 Å². The fourth-order valence-corrected chi connectivity index (χ4v) is 4.11. The van der Waals surface area contributed by atoms with Crippen LogP contribution in [0.4, 0.5) is 0 Å². The SMILES string of the molecule is CC=COC[C@H]1O[C@@H](n2cc(C)c(=O)[nH]c2=O)CC1O[Si](C)(C)C(C)(C)C. The molecular formula is C19H32N2O5Si. The minimum atomic E-state index is -2.02. The van der Waals surface area contributed by atoms with Crippen molar-refractivity contribution in [2.45, 2.75) is 77.6 Å². The number of aromatic amines is 1. The molecule has 1 aliphatic rings. The molecule has 1 aromatic heterocycles. The topological polar surface area (TPSA) is 82.5 Å². The van der Waals surface area contributed by atoms with Gasteiger partial charge in [0.15, 0.2) is 8.32 Å². The molecule has 1 unspecified atom stereocenters. The molecule has 0 aliphatic carbocycles. The lowest BCUT2D eigenvalue weighted by Gasteiger charge is -2.39. The zero-order chi connectivity index (χ0) is 20.4. The van der Waals surface area contributed by atoms with Crippen LogP contribution in [0.2, 0.25) is 18.1 Å². The number of rotatable bonds is 6. The highest BCUT2D eigenvalue weighted by atomic mass is 28.4. The number of nitrogens with one attached hydrogen (secondary N) is 1. The normalized spacial score (nSPS) is 23.9. The van der Waals surface area contributed by atoms with Gasteiger partial charge in [0.1, 0.15) is 18.9 Å². The van der Waals surface area contributed by atoms with Crippen LogP contribution in [0, 0.1) is 6.92 Å². The van der Waals surface area contributed by atoms with E-state index in [1.54, 1.807) is 19.4 Å². The first kappa shape index (κ1) is 21.7. The number of hydrogen-bond acceptors (Lipinski definition) is 5. The Bertz CT molecular complexity index is 791. The maximum absolute atomic E-state index is 12.3. The van der Waals surface area contributed by atoms with Gasteiger partial charge in [-0.3, -0.25) is 14.3 Å². The molecule has 2 heterocycles. The van der Waals surface area contributed by atoms with Crippen molar-refractivity contribution in [2.24, 2.45) is 0 Å². The van der Waals surface area contributed by atoms with E-state index in [0.717, 1.165) is 0 Å². The summed E-state index contributed by atoms with van der Waals surface area (Å²) < 4.78 is 19.7. The number of H-pyrrole nitrogens is 1. The molecule has 1 aliphatic heterocycles. The molecule has 0 saturated carbocycles. The summed E-state index contributed by atoms with van der Waals surface area (Å²) in [6, 6.07) is 0. The van der Waals surface area contributed by atoms with E-state index in [1.807, 2.05) is 13.0 Å². The van der Waals surface area contributed by atoms with Gasteiger partial charge in [-0.1, -0.05) is 26.8 Å². The van der Waals surface area contributed by atoms with E-state index >= 15 is 0 Å². The van der Waals surface area contributed by atoms with E-state index in [0.29, 0.717) is 18.6 Å². The quantitative estimate of drug-likeness (QED) is 0.590. The molecule has 7 nitrogen and oxygen atoms in total. The molecule has 0 amide bonds. The van der Waals surface area contributed by atoms with Crippen molar-refractivity contribution >= 4 is 8.32 Å². The molecule has 2 rings (SSSR count). The standard InChI is InChI=1S/C19H32N2O5Si/c1-8-9-24-12-15-14(26-27(6,7)19(3,4)5)10-16(25-15)21-11-13(2)17(22)20-18(21)23/h8-9,11,14-16H,10,12H2,1-7H3,(H,20,22,23)/t14?,15-,16-/m1/s1. The summed E-state index contributed by atoms with van der Waals surface area (Å²) in [6.45, 7) is 14.8. The van der Waals surface area contributed by atoms with Crippen LogP contribution in [0.3, 0.4) is 0 Å². The second-order valence-electron chi connectivity index (χ2n) is 8.56. The predicted molar refractivity (Wildman–Crippen MR) is 107 cm³/mol. The summed E-state index contributed by atoms with van der Waals surface area (Å²) in [5.74, 6) is 0. The van der Waals surface area contributed by atoms with E-state index in [4.69, 9.17) is 13.9 Å². The predicted octanol–water partition coefficient (Wildman–Crippen LogP) is 3.07. The molecule has 27 heavy (non-hydrogen) atoms. The van der Waals surface area contributed by atoms with Crippen LogP contribution in [0.5, 0.6) is 0 Å². The van der Waals surface area contributed by atoms with Crippen molar-refractivity contribution in [3.8, 4) is 0 Å². The van der Waals surface area contributed by atoms with Crippen LogP contribution in [-0.4, -0.2) is 36.7 Å². The van der Waals surface area contributed by atoms with Crippen molar-refractivity contribution in [1.82, 2.24) is 9.55 Å². The summed E-state index contributed by atoms with van der Waals surface area (Å²) in [5, 5.41) is 0.0607. The Hall–Kier alpha value is -1.64. The molecule has 0 spiro atoms. The summed E-state index contributed by atoms with van der Waals surface area (Å²) in [5.41, 5.74) is -0.387. The Labute approximate surface area is 161 Å². The summed E-state index contributed by atoms with van der Waals surface area (Å²) in [4.78, 5) is 26.2. The highest BCUT2D eigenvalue weighted by molar-refractivity contribution is 6.74. The fraction of sp³-hybridized carbons (Fsp3) is 0.684. The van der Waals surface area contributed by atoms with Gasteiger partial charge in [0.25, 0.3) is 5.56 Å². The average Bonchev–Trinajstić information content (AvgIpc) is 2.92. The number of hydrogen-bond donors (Lipinski definition) is 1. The number of aromatic nitrogens is 2. The lowest BCUT2D eigenvalue weighted by molar-refractivity contribution is -0.0465. The Morgan fingerprint density at radius 2 is 2.04 bits per heavy atom. The Morgan fingerprint density at radius 1 is 1.37 bits per heavy atom. The van der Waals surface area contributed by atoms with Crippen LogP contribution in [0.15, 0.2) is 28.1 Å². The first-order valence-electron chi connectivity index (χ1n) is 9.34. The molecule has 1 N–H and O–H groups in total. The van der Waals surface area contributed by atoms with Crippen LogP contribution < -0.4 is 11.2 Å². The largest absolute Gasteiger partial charge is 0.499 e. The summed E-state index contributed by atoms with van der Waals surface area (Å²) >= 11 is 0. The Morgan fingerprint density at radius 3 is 2.63 bits per heavy atom. The third kappa shape index (κ3) is 5.00. The van der Waals surface area contributed by atoms with E-state index in [9.17, 15) is 9.59 Å². The minimum absolute atomic E-state index is 0.0607. The number of allylic oxidation sites excluding steroid dienone is 1. The maximum atomic E-state index is 12.3. The van der Waals surface area contributed by atoms with Crippen LogP contribution in [-0.2, 0) is 13.9 Å². The Balaban J connectivity index is 2.28. The van der Waals surface area contributed by atoms with Gasteiger partial charge in [0, 0.05) is 18.2 Å². The molecule has 3 atom stereocenters. The molecule has 0 radical (unpaired) electrons. The monoisotopic (exact) mass is 396 g/mol. The van der Waals surface area contributed by atoms with Gasteiger partial charge in [-0.2, -0.15) is 0 Å². The second-order valence-corrected chi connectivity index (χ2v) is 13.3. The van der Waals surface area contributed by atoms with Crippen molar-refractivity contribution in [1.29, 1.82) is 0 Å². The number of nitrogens with zero attached hydrogens (tertiary/aromatic N) is 1. The van der Waals surface area contributed by atoms with Gasteiger partial charge in [-0.05, 0) is 32.0 Å². The van der Waals surface area contributed by atoms with E-state index in [2.05, 4.69) is 38.8 Å². The fourth-order valence-electron chi connectivity index (χ4n) is 2.75. The molecule has 0 bridgehead atoms. The molecule has 152 valence electrons. The molecule has 1 saturated heterocycles. The van der Waals surface area contributed by atoms with Crippen molar-refractivity contribution < 1.29 is 13.9 Å². The number of ether oxygens (including phenoxy) is 2. The van der Waals surface area contributed by atoms with Crippen molar-refractivity contribution in [2.75, 3.05) is 6.61 Å². The third-order valence-electron chi connectivity index (χ3n) is 5.38. The molecular weight excluding hydrogens is 364 g/mol. The van der Waals surface area contributed by atoms with Crippen molar-refractivity contribution in [3.05, 3.63) is 44.9 Å². The van der Waals surface area contributed by atoms with E-state index in [1.165, 1.54) is 4.57 Å². The van der Waals surface area contributed by atoms with E-state index in [-0.39, 0.29) is 22.8 Å². The second kappa shape index (κ2) is 8.16. The van der Waals surface area contributed by atoms with Gasteiger partial charge >= 0.3 is 5.69 Å². The third-order valence-corrected chi connectivity index (χ3v) is 9.89. The zero-order valence-corrected chi connectivity index (χ0v) is 18.4. The highest BCUT2D eigenvalue weighted by Gasteiger charge is 2.45. The lowest BCUT2D eigenvalue weighted by atomic mass is 10.2. The molecule has 1 aromatic rings. The van der Waals surface area contributed by atoms with Crippen LogP contribution in [0.1, 0.15) is 45.9 Å². The number of aryl methyl sites for hydroxylation is 1. The summed E-state index contributed by atoms with van der Waals surface area (Å²) in [6.07, 6.45) is 4.54. The first-order chi connectivity index (χ1) is 12.5. The Kier molecular flexibility index (Phi) is 6.54. The van der Waals surface area contributed by atoms with Gasteiger partial charge in [0.05, 0.1) is 12.4 Å². The smallest absolute Gasteiger partial charge is 0.330 e. The average molecular weight is 397 g/mol.